The zero-order valence-electron chi connectivity index (χ0n) is 10.5. The molecule has 0 saturated heterocycles. The predicted octanol–water partition coefficient (Wildman–Crippen LogP) is 1.63. The van der Waals surface area contributed by atoms with E-state index in [9.17, 15) is 4.79 Å². The molecule has 2 aliphatic rings. The van der Waals surface area contributed by atoms with E-state index in [1.54, 1.807) is 6.92 Å². The van der Waals surface area contributed by atoms with Crippen molar-refractivity contribution >= 4 is 5.91 Å². The second-order valence-electron chi connectivity index (χ2n) is 5.02. The van der Waals surface area contributed by atoms with Crippen LogP contribution in [-0.2, 0) is 10.2 Å². The fourth-order valence-electron chi connectivity index (χ4n) is 2.48. The molecule has 96 valence electrons. The Kier molecular flexibility index (Phi) is 2.65. The van der Waals surface area contributed by atoms with Crippen molar-refractivity contribution in [2.75, 3.05) is 19.8 Å². The molecule has 1 aliphatic heterocycles. The predicted molar refractivity (Wildman–Crippen MR) is 67.0 cm³/mol. The minimum Gasteiger partial charge on any atom is -0.486 e. The van der Waals surface area contributed by atoms with Gasteiger partial charge in [0.15, 0.2) is 11.5 Å². The number of para-hydroxylation sites is 1. The Balaban J connectivity index is 1.90. The molecule has 3 rings (SSSR count). The second-order valence-corrected chi connectivity index (χ2v) is 5.02. The van der Waals surface area contributed by atoms with Crippen LogP contribution in [0.2, 0.25) is 0 Å². The van der Waals surface area contributed by atoms with E-state index >= 15 is 0 Å². The molecule has 4 heteroatoms. The Hall–Kier alpha value is -1.71. The summed E-state index contributed by atoms with van der Waals surface area (Å²) < 4.78 is 11.4. The van der Waals surface area contributed by atoms with Crippen molar-refractivity contribution < 1.29 is 14.3 Å². The smallest absolute Gasteiger partial charge is 0.216 e. The first-order chi connectivity index (χ1) is 8.71. The van der Waals surface area contributed by atoms with Crippen LogP contribution in [0.4, 0.5) is 0 Å². The SMILES string of the molecule is CC(=O)NCC1(c2cccc3c2OCCO3)CC1. The lowest BCUT2D eigenvalue weighted by Gasteiger charge is -2.25. The van der Waals surface area contributed by atoms with E-state index in [0.29, 0.717) is 19.8 Å². The number of amides is 1. The summed E-state index contributed by atoms with van der Waals surface area (Å²) in [5, 5.41) is 2.92. The average Bonchev–Trinajstić information content (AvgIpc) is 3.17. The summed E-state index contributed by atoms with van der Waals surface area (Å²) in [5.74, 6) is 1.71. The number of ether oxygens (including phenoxy) is 2. The van der Waals surface area contributed by atoms with Crippen molar-refractivity contribution in [2.45, 2.75) is 25.2 Å². The zero-order valence-corrected chi connectivity index (χ0v) is 10.5. The number of carbonyl (C=O) groups is 1. The highest BCUT2D eigenvalue weighted by atomic mass is 16.6. The number of nitrogens with one attached hydrogen (secondary N) is 1. The summed E-state index contributed by atoms with van der Waals surface area (Å²) in [6.45, 7) is 3.44. The molecule has 1 aromatic rings. The van der Waals surface area contributed by atoms with Crippen LogP contribution in [0, 0.1) is 0 Å². The van der Waals surface area contributed by atoms with Gasteiger partial charge in [-0.2, -0.15) is 0 Å². The Morgan fingerprint density at radius 1 is 1.33 bits per heavy atom. The third kappa shape index (κ3) is 1.92. The molecule has 0 radical (unpaired) electrons. The number of benzene rings is 1. The van der Waals surface area contributed by atoms with Gasteiger partial charge in [0, 0.05) is 24.4 Å². The number of rotatable bonds is 3. The van der Waals surface area contributed by atoms with Crippen LogP contribution < -0.4 is 14.8 Å². The monoisotopic (exact) mass is 247 g/mol. The summed E-state index contributed by atoms with van der Waals surface area (Å²) in [4.78, 5) is 11.1. The minimum atomic E-state index is 0.0169. The van der Waals surface area contributed by atoms with Crippen LogP contribution in [0.25, 0.3) is 0 Å². The summed E-state index contributed by atoms with van der Waals surface area (Å²) >= 11 is 0. The maximum absolute atomic E-state index is 11.1. The standard InChI is InChI=1S/C14H17NO3/c1-10(16)15-9-14(5-6-14)11-3-2-4-12-13(11)18-8-7-17-12/h2-4H,5-9H2,1H3,(H,15,16). The van der Waals surface area contributed by atoms with E-state index in [0.717, 1.165) is 24.3 Å². The van der Waals surface area contributed by atoms with Gasteiger partial charge in [-0.15, -0.1) is 0 Å². The van der Waals surface area contributed by atoms with Gasteiger partial charge in [-0.05, 0) is 18.9 Å². The van der Waals surface area contributed by atoms with Crippen molar-refractivity contribution in [3.05, 3.63) is 23.8 Å². The fraction of sp³-hybridized carbons (Fsp3) is 0.500. The lowest BCUT2D eigenvalue weighted by Crippen LogP contribution is -2.31. The number of carbonyl (C=O) groups excluding carboxylic acids is 1. The van der Waals surface area contributed by atoms with E-state index in [2.05, 4.69) is 11.4 Å². The molecule has 4 nitrogen and oxygen atoms in total. The summed E-state index contributed by atoms with van der Waals surface area (Å²) in [5.41, 5.74) is 1.23. The van der Waals surface area contributed by atoms with Crippen LogP contribution in [-0.4, -0.2) is 25.7 Å². The molecule has 0 atom stereocenters. The van der Waals surface area contributed by atoms with E-state index in [4.69, 9.17) is 9.47 Å². The second kappa shape index (κ2) is 4.19. The average molecular weight is 247 g/mol. The van der Waals surface area contributed by atoms with E-state index < -0.39 is 0 Å². The number of hydrogen-bond acceptors (Lipinski definition) is 3. The van der Waals surface area contributed by atoms with Crippen molar-refractivity contribution in [1.29, 1.82) is 0 Å². The molecule has 1 N–H and O–H groups in total. The normalized spacial score (nSPS) is 19.2. The number of fused-ring (bicyclic) bond motifs is 1. The molecular weight excluding hydrogens is 230 g/mol. The molecule has 1 aromatic carbocycles. The summed E-state index contributed by atoms with van der Waals surface area (Å²) in [6, 6.07) is 6.02. The molecule has 18 heavy (non-hydrogen) atoms. The lowest BCUT2D eigenvalue weighted by atomic mass is 9.94. The first kappa shape index (κ1) is 11.4. The third-order valence-electron chi connectivity index (χ3n) is 3.67. The Bertz CT molecular complexity index is 480. The van der Waals surface area contributed by atoms with E-state index in [1.807, 2.05) is 12.1 Å². The molecule has 0 bridgehead atoms. The fourth-order valence-corrected chi connectivity index (χ4v) is 2.48. The maximum Gasteiger partial charge on any atom is 0.216 e. The van der Waals surface area contributed by atoms with Crippen molar-refractivity contribution in [3.8, 4) is 11.5 Å². The first-order valence-electron chi connectivity index (χ1n) is 6.35. The van der Waals surface area contributed by atoms with Gasteiger partial charge >= 0.3 is 0 Å². The Labute approximate surface area is 106 Å². The lowest BCUT2D eigenvalue weighted by molar-refractivity contribution is -0.119. The zero-order chi connectivity index (χ0) is 12.6. The molecule has 0 spiro atoms. The summed E-state index contributed by atoms with van der Waals surface area (Å²) in [6.07, 6.45) is 2.18. The van der Waals surface area contributed by atoms with Crippen molar-refractivity contribution in [2.24, 2.45) is 0 Å². The van der Waals surface area contributed by atoms with Gasteiger partial charge in [0.2, 0.25) is 5.91 Å². The van der Waals surface area contributed by atoms with Gasteiger partial charge in [0.1, 0.15) is 13.2 Å². The first-order valence-corrected chi connectivity index (χ1v) is 6.35. The van der Waals surface area contributed by atoms with Crippen molar-refractivity contribution in [1.82, 2.24) is 5.32 Å². The summed E-state index contributed by atoms with van der Waals surface area (Å²) in [7, 11) is 0. The Morgan fingerprint density at radius 3 is 2.83 bits per heavy atom. The van der Waals surface area contributed by atoms with Crippen LogP contribution >= 0.6 is 0 Å². The van der Waals surface area contributed by atoms with Gasteiger partial charge in [-0.1, -0.05) is 12.1 Å². The third-order valence-corrected chi connectivity index (χ3v) is 3.67. The molecule has 1 amide bonds. The Morgan fingerprint density at radius 2 is 2.11 bits per heavy atom. The van der Waals surface area contributed by atoms with Gasteiger partial charge in [-0.3, -0.25) is 4.79 Å². The molecule has 1 aliphatic carbocycles. The topological polar surface area (TPSA) is 47.6 Å². The molecular formula is C14H17NO3. The quantitative estimate of drug-likeness (QED) is 0.883. The molecule has 1 saturated carbocycles. The van der Waals surface area contributed by atoms with Gasteiger partial charge in [0.05, 0.1) is 0 Å². The maximum atomic E-state index is 11.1. The highest BCUT2D eigenvalue weighted by Gasteiger charge is 2.47. The van der Waals surface area contributed by atoms with E-state index in [1.165, 1.54) is 5.56 Å². The molecule has 1 heterocycles. The van der Waals surface area contributed by atoms with Crippen LogP contribution in [0.1, 0.15) is 25.3 Å². The highest BCUT2D eigenvalue weighted by Crippen LogP contribution is 2.53. The van der Waals surface area contributed by atoms with Crippen LogP contribution in [0.5, 0.6) is 11.5 Å². The van der Waals surface area contributed by atoms with Gasteiger partial charge in [0.25, 0.3) is 0 Å². The minimum absolute atomic E-state index is 0.0169. The van der Waals surface area contributed by atoms with Crippen LogP contribution in [0.15, 0.2) is 18.2 Å². The number of hydrogen-bond donors (Lipinski definition) is 1. The van der Waals surface area contributed by atoms with Crippen molar-refractivity contribution in [3.63, 3.8) is 0 Å². The largest absolute Gasteiger partial charge is 0.486 e. The molecule has 1 fully saturated rings. The van der Waals surface area contributed by atoms with Crippen LogP contribution in [0.3, 0.4) is 0 Å². The molecule has 0 unspecified atom stereocenters. The van der Waals surface area contributed by atoms with Gasteiger partial charge < -0.3 is 14.8 Å². The molecule has 0 aromatic heterocycles. The highest BCUT2D eigenvalue weighted by molar-refractivity contribution is 5.73. The van der Waals surface area contributed by atoms with E-state index in [-0.39, 0.29) is 11.3 Å². The van der Waals surface area contributed by atoms with Gasteiger partial charge in [-0.25, -0.2) is 0 Å².